The minimum atomic E-state index is -0.432. The molecule has 0 aromatic heterocycles. The van der Waals surface area contributed by atoms with Crippen LogP contribution in [0.15, 0.2) is 24.3 Å². The van der Waals surface area contributed by atoms with Crippen molar-refractivity contribution < 1.29 is 10.2 Å². The monoisotopic (exact) mass is 194 g/mol. The molecule has 1 aromatic carbocycles. The van der Waals surface area contributed by atoms with Gasteiger partial charge in [-0.2, -0.15) is 0 Å². The highest BCUT2D eigenvalue weighted by molar-refractivity contribution is 5.28. The Hall–Kier alpha value is -0.860. The lowest BCUT2D eigenvalue weighted by Crippen LogP contribution is -2.01. The third kappa shape index (κ3) is 2.82. The van der Waals surface area contributed by atoms with Crippen LogP contribution in [-0.2, 0) is 6.61 Å². The molecule has 0 bridgehead atoms. The highest BCUT2D eigenvalue weighted by atomic mass is 16.3. The first-order valence-corrected chi connectivity index (χ1v) is 5.16. The Morgan fingerprint density at radius 3 is 2.64 bits per heavy atom. The summed E-state index contributed by atoms with van der Waals surface area (Å²) in [5.41, 5.74) is 1.69. The molecule has 0 unspecified atom stereocenters. The van der Waals surface area contributed by atoms with Gasteiger partial charge in [0.2, 0.25) is 0 Å². The van der Waals surface area contributed by atoms with Crippen molar-refractivity contribution in [3.63, 3.8) is 0 Å². The van der Waals surface area contributed by atoms with E-state index in [0.29, 0.717) is 0 Å². The van der Waals surface area contributed by atoms with Gasteiger partial charge in [-0.1, -0.05) is 44.0 Å². The van der Waals surface area contributed by atoms with Crippen LogP contribution >= 0.6 is 0 Å². The molecule has 0 amide bonds. The Kier molecular flexibility index (Phi) is 4.63. The Morgan fingerprint density at radius 2 is 2.00 bits per heavy atom. The Morgan fingerprint density at radius 1 is 1.29 bits per heavy atom. The van der Waals surface area contributed by atoms with Crippen LogP contribution in [0, 0.1) is 0 Å². The van der Waals surface area contributed by atoms with E-state index in [9.17, 15) is 5.11 Å². The highest BCUT2D eigenvalue weighted by Crippen LogP contribution is 2.22. The quantitative estimate of drug-likeness (QED) is 0.755. The third-order valence-corrected chi connectivity index (χ3v) is 2.42. The fraction of sp³-hybridized carbons (Fsp3) is 0.500. The fourth-order valence-electron chi connectivity index (χ4n) is 1.56. The normalized spacial score (nSPS) is 12.8. The van der Waals surface area contributed by atoms with Crippen molar-refractivity contribution >= 4 is 0 Å². The molecule has 0 fully saturated rings. The SMILES string of the molecule is CCCC[C@H](O)c1ccccc1CO. The van der Waals surface area contributed by atoms with Gasteiger partial charge in [0.25, 0.3) is 0 Å². The molecule has 0 saturated heterocycles. The van der Waals surface area contributed by atoms with Crippen molar-refractivity contribution in [1.29, 1.82) is 0 Å². The van der Waals surface area contributed by atoms with Gasteiger partial charge in [0.1, 0.15) is 0 Å². The second-order valence-corrected chi connectivity index (χ2v) is 3.51. The molecule has 14 heavy (non-hydrogen) atoms. The first-order valence-electron chi connectivity index (χ1n) is 5.16. The number of aliphatic hydroxyl groups is 2. The molecule has 2 heteroatoms. The van der Waals surface area contributed by atoms with Gasteiger partial charge in [-0.15, -0.1) is 0 Å². The molecule has 0 radical (unpaired) electrons. The van der Waals surface area contributed by atoms with Crippen LogP contribution < -0.4 is 0 Å². The molecule has 0 saturated carbocycles. The van der Waals surface area contributed by atoms with Gasteiger partial charge in [0.15, 0.2) is 0 Å². The minimum absolute atomic E-state index is 0.000637. The zero-order chi connectivity index (χ0) is 10.4. The van der Waals surface area contributed by atoms with Crippen molar-refractivity contribution in [2.24, 2.45) is 0 Å². The maximum absolute atomic E-state index is 9.85. The van der Waals surface area contributed by atoms with E-state index in [2.05, 4.69) is 6.92 Å². The Labute approximate surface area is 85.2 Å². The molecule has 0 aliphatic heterocycles. The second kappa shape index (κ2) is 5.78. The molecular weight excluding hydrogens is 176 g/mol. The average molecular weight is 194 g/mol. The second-order valence-electron chi connectivity index (χ2n) is 3.51. The van der Waals surface area contributed by atoms with Crippen LogP contribution in [0.2, 0.25) is 0 Å². The van der Waals surface area contributed by atoms with E-state index in [4.69, 9.17) is 5.11 Å². The van der Waals surface area contributed by atoms with Gasteiger partial charge < -0.3 is 10.2 Å². The maximum atomic E-state index is 9.85. The molecule has 2 nitrogen and oxygen atoms in total. The molecule has 2 N–H and O–H groups in total. The zero-order valence-corrected chi connectivity index (χ0v) is 8.61. The van der Waals surface area contributed by atoms with E-state index in [-0.39, 0.29) is 6.61 Å². The van der Waals surface area contributed by atoms with Crippen LogP contribution in [0.3, 0.4) is 0 Å². The van der Waals surface area contributed by atoms with Crippen LogP contribution in [0.25, 0.3) is 0 Å². The lowest BCUT2D eigenvalue weighted by atomic mass is 9.99. The van der Waals surface area contributed by atoms with E-state index >= 15 is 0 Å². The molecular formula is C12H18O2. The van der Waals surface area contributed by atoms with Gasteiger partial charge >= 0.3 is 0 Å². The van der Waals surface area contributed by atoms with Crippen LogP contribution in [-0.4, -0.2) is 10.2 Å². The summed E-state index contributed by atoms with van der Waals surface area (Å²) in [4.78, 5) is 0. The molecule has 0 heterocycles. The van der Waals surface area contributed by atoms with Crippen molar-refractivity contribution in [2.75, 3.05) is 0 Å². The Bertz CT molecular complexity index is 271. The summed E-state index contributed by atoms with van der Waals surface area (Å²) in [5.74, 6) is 0. The lowest BCUT2D eigenvalue weighted by molar-refractivity contribution is 0.160. The summed E-state index contributed by atoms with van der Waals surface area (Å²) in [6, 6.07) is 7.50. The van der Waals surface area contributed by atoms with E-state index in [1.54, 1.807) is 0 Å². The lowest BCUT2D eigenvalue weighted by Gasteiger charge is -2.13. The summed E-state index contributed by atoms with van der Waals surface area (Å²) < 4.78 is 0. The van der Waals surface area contributed by atoms with Gasteiger partial charge in [-0.25, -0.2) is 0 Å². The van der Waals surface area contributed by atoms with Crippen LogP contribution in [0.1, 0.15) is 43.4 Å². The van der Waals surface area contributed by atoms with E-state index in [1.807, 2.05) is 24.3 Å². The Balaban J connectivity index is 2.72. The van der Waals surface area contributed by atoms with E-state index < -0.39 is 6.10 Å². The molecule has 1 aromatic rings. The number of unbranched alkanes of at least 4 members (excludes halogenated alkanes) is 1. The number of benzene rings is 1. The molecule has 1 rings (SSSR count). The van der Waals surface area contributed by atoms with E-state index in [1.165, 1.54) is 0 Å². The topological polar surface area (TPSA) is 40.5 Å². The molecule has 78 valence electrons. The zero-order valence-electron chi connectivity index (χ0n) is 8.61. The molecule has 0 aliphatic carbocycles. The van der Waals surface area contributed by atoms with Crippen LogP contribution in [0.4, 0.5) is 0 Å². The number of hydrogen-bond donors (Lipinski definition) is 2. The van der Waals surface area contributed by atoms with Crippen molar-refractivity contribution in [1.82, 2.24) is 0 Å². The summed E-state index contributed by atoms with van der Waals surface area (Å²) >= 11 is 0. The van der Waals surface area contributed by atoms with Crippen molar-refractivity contribution in [2.45, 2.75) is 38.9 Å². The first-order chi connectivity index (χ1) is 6.79. The average Bonchev–Trinajstić information content (AvgIpc) is 2.25. The largest absolute Gasteiger partial charge is 0.392 e. The molecule has 0 spiro atoms. The maximum Gasteiger partial charge on any atom is 0.0793 e. The highest BCUT2D eigenvalue weighted by Gasteiger charge is 2.10. The van der Waals surface area contributed by atoms with Gasteiger partial charge in [0.05, 0.1) is 12.7 Å². The van der Waals surface area contributed by atoms with Crippen LogP contribution in [0.5, 0.6) is 0 Å². The van der Waals surface area contributed by atoms with E-state index in [0.717, 1.165) is 30.4 Å². The molecule has 0 aliphatic rings. The summed E-state index contributed by atoms with van der Waals surface area (Å²) in [7, 11) is 0. The van der Waals surface area contributed by atoms with Gasteiger partial charge in [0, 0.05) is 0 Å². The fourth-order valence-corrected chi connectivity index (χ4v) is 1.56. The predicted molar refractivity (Wildman–Crippen MR) is 56.8 cm³/mol. The number of rotatable bonds is 5. The standard InChI is InChI=1S/C12H18O2/c1-2-3-8-12(14)11-7-5-4-6-10(11)9-13/h4-7,12-14H,2-3,8-9H2,1H3/t12-/m0/s1. The molecule has 1 atom stereocenters. The first kappa shape index (κ1) is 11.2. The predicted octanol–water partition coefficient (Wildman–Crippen LogP) is 2.40. The summed E-state index contributed by atoms with van der Waals surface area (Å²) in [5, 5.41) is 18.9. The summed E-state index contributed by atoms with van der Waals surface area (Å²) in [6.07, 6.45) is 2.44. The number of hydrogen-bond acceptors (Lipinski definition) is 2. The van der Waals surface area contributed by atoms with Crippen molar-refractivity contribution in [3.8, 4) is 0 Å². The van der Waals surface area contributed by atoms with Crippen molar-refractivity contribution in [3.05, 3.63) is 35.4 Å². The summed E-state index contributed by atoms with van der Waals surface area (Å²) in [6.45, 7) is 2.10. The minimum Gasteiger partial charge on any atom is -0.392 e. The van der Waals surface area contributed by atoms with Gasteiger partial charge in [-0.3, -0.25) is 0 Å². The number of aliphatic hydroxyl groups excluding tert-OH is 2. The third-order valence-electron chi connectivity index (χ3n) is 2.42. The van der Waals surface area contributed by atoms with Gasteiger partial charge in [-0.05, 0) is 17.5 Å². The smallest absolute Gasteiger partial charge is 0.0793 e.